The van der Waals surface area contributed by atoms with Gasteiger partial charge in [0.2, 0.25) is 10.0 Å². The molecular weight excluding hydrogens is 248 g/mol. The number of carbonyl (C=O) groups is 1. The molecule has 0 spiro atoms. The number of carboxylic acids is 1. The van der Waals surface area contributed by atoms with E-state index in [-0.39, 0.29) is 6.54 Å². The topological polar surface area (TPSA) is 95.9 Å². The minimum atomic E-state index is -3.78. The fourth-order valence-corrected chi connectivity index (χ4v) is 1.89. The van der Waals surface area contributed by atoms with E-state index >= 15 is 0 Å². The van der Waals surface area contributed by atoms with Crippen LogP contribution in [0.15, 0.2) is 0 Å². The van der Waals surface area contributed by atoms with Crippen molar-refractivity contribution >= 4 is 16.0 Å². The normalized spacial score (nSPS) is 13.9. The first-order valence-electron chi connectivity index (χ1n) is 5.20. The molecule has 0 aromatic carbocycles. The minimum Gasteiger partial charge on any atom is -0.480 e. The van der Waals surface area contributed by atoms with Crippen molar-refractivity contribution in [2.45, 2.75) is 12.2 Å². The van der Waals surface area contributed by atoms with Crippen molar-refractivity contribution in [3.63, 3.8) is 0 Å². The molecule has 0 bridgehead atoms. The lowest BCUT2D eigenvalue weighted by molar-refractivity contribution is -0.136. The third-order valence-electron chi connectivity index (χ3n) is 2.29. The molecule has 0 aliphatic carbocycles. The summed E-state index contributed by atoms with van der Waals surface area (Å²) in [6, 6.07) is 0. The monoisotopic (exact) mass is 268 g/mol. The van der Waals surface area contributed by atoms with Crippen LogP contribution in [0.3, 0.4) is 0 Å². The van der Waals surface area contributed by atoms with Gasteiger partial charge in [-0.25, -0.2) is 13.1 Å². The molecule has 0 amide bonds. The third kappa shape index (κ3) is 6.57. The van der Waals surface area contributed by atoms with Crippen LogP contribution in [-0.4, -0.2) is 70.0 Å². The van der Waals surface area contributed by atoms with E-state index in [0.717, 1.165) is 6.92 Å². The molecule has 0 aromatic heterocycles. The molecule has 0 saturated heterocycles. The number of aliphatic carboxylic acids is 1. The summed E-state index contributed by atoms with van der Waals surface area (Å²) >= 11 is 0. The average Bonchev–Trinajstić information content (AvgIpc) is 2.24. The molecule has 0 aromatic rings. The summed E-state index contributed by atoms with van der Waals surface area (Å²) in [5.41, 5.74) is 0. The van der Waals surface area contributed by atoms with Crippen molar-refractivity contribution < 1.29 is 23.1 Å². The quantitative estimate of drug-likeness (QED) is 0.554. The molecule has 0 saturated carbocycles. The van der Waals surface area contributed by atoms with E-state index in [0.29, 0.717) is 19.7 Å². The molecule has 0 aliphatic rings. The summed E-state index contributed by atoms with van der Waals surface area (Å²) in [4.78, 5) is 12.4. The van der Waals surface area contributed by atoms with E-state index in [4.69, 9.17) is 9.84 Å². The van der Waals surface area contributed by atoms with Crippen LogP contribution in [0.1, 0.15) is 6.92 Å². The molecule has 0 heterocycles. The highest BCUT2D eigenvalue weighted by atomic mass is 32.2. The lowest BCUT2D eigenvalue weighted by Crippen LogP contribution is -2.41. The second-order valence-electron chi connectivity index (χ2n) is 3.72. The highest BCUT2D eigenvalue weighted by Crippen LogP contribution is 1.97. The minimum absolute atomic E-state index is 0.181. The Hall–Kier alpha value is -0.700. The Balaban J connectivity index is 3.99. The van der Waals surface area contributed by atoms with Crippen LogP contribution in [0, 0.1) is 0 Å². The van der Waals surface area contributed by atoms with Gasteiger partial charge in [-0.05, 0) is 14.0 Å². The standard InChI is InChI=1S/C9H20N2O5S/c1-8(9(12)13)17(14,15)10-4-5-11(2)6-7-16-3/h8,10H,4-7H2,1-3H3,(H,12,13). The summed E-state index contributed by atoms with van der Waals surface area (Å²) in [5.74, 6) is -1.36. The molecule has 8 heteroatoms. The summed E-state index contributed by atoms with van der Waals surface area (Å²) < 4.78 is 30.0. The van der Waals surface area contributed by atoms with Crippen LogP contribution in [0.5, 0.6) is 0 Å². The van der Waals surface area contributed by atoms with Gasteiger partial charge in [0, 0.05) is 26.7 Å². The number of carboxylic acid groups (broad SMARTS) is 1. The number of rotatable bonds is 9. The highest BCUT2D eigenvalue weighted by Gasteiger charge is 2.26. The number of ether oxygens (including phenoxy) is 1. The number of hydrogen-bond acceptors (Lipinski definition) is 5. The smallest absolute Gasteiger partial charge is 0.323 e. The van der Waals surface area contributed by atoms with Gasteiger partial charge in [0.25, 0.3) is 0 Å². The predicted molar refractivity (Wildman–Crippen MR) is 63.4 cm³/mol. The first-order chi connectivity index (χ1) is 7.81. The van der Waals surface area contributed by atoms with E-state index in [2.05, 4.69) is 4.72 Å². The van der Waals surface area contributed by atoms with Crippen LogP contribution >= 0.6 is 0 Å². The first-order valence-corrected chi connectivity index (χ1v) is 6.74. The Kier molecular flexibility index (Phi) is 7.28. The third-order valence-corrected chi connectivity index (χ3v) is 4.03. The van der Waals surface area contributed by atoms with Gasteiger partial charge in [-0.15, -0.1) is 0 Å². The van der Waals surface area contributed by atoms with E-state index in [1.807, 2.05) is 11.9 Å². The number of likely N-dealkylation sites (N-methyl/N-ethyl adjacent to an activating group) is 1. The Morgan fingerprint density at radius 2 is 2.06 bits per heavy atom. The number of hydrogen-bond donors (Lipinski definition) is 2. The number of sulfonamides is 1. The second kappa shape index (κ2) is 7.59. The van der Waals surface area contributed by atoms with E-state index in [1.54, 1.807) is 7.11 Å². The van der Waals surface area contributed by atoms with E-state index in [9.17, 15) is 13.2 Å². The SMILES string of the molecule is COCCN(C)CCNS(=O)(=O)C(C)C(=O)O. The molecule has 17 heavy (non-hydrogen) atoms. The first kappa shape index (κ1) is 16.3. The summed E-state index contributed by atoms with van der Waals surface area (Å²) in [5, 5.41) is 7.16. The maximum absolute atomic E-state index is 11.4. The Morgan fingerprint density at radius 1 is 1.47 bits per heavy atom. The molecule has 0 fully saturated rings. The highest BCUT2D eigenvalue weighted by molar-refractivity contribution is 7.90. The lowest BCUT2D eigenvalue weighted by Gasteiger charge is -2.17. The number of nitrogens with zero attached hydrogens (tertiary/aromatic N) is 1. The summed E-state index contributed by atoms with van der Waals surface area (Å²) in [6.45, 7) is 3.07. The van der Waals surface area contributed by atoms with Gasteiger partial charge in [-0.1, -0.05) is 0 Å². The van der Waals surface area contributed by atoms with Crippen LogP contribution in [-0.2, 0) is 19.6 Å². The van der Waals surface area contributed by atoms with Gasteiger partial charge in [-0.3, -0.25) is 4.79 Å². The fourth-order valence-electron chi connectivity index (χ4n) is 0.995. The van der Waals surface area contributed by atoms with Crippen LogP contribution in [0.4, 0.5) is 0 Å². The van der Waals surface area contributed by atoms with Gasteiger partial charge >= 0.3 is 5.97 Å². The molecule has 7 nitrogen and oxygen atoms in total. The molecule has 0 rings (SSSR count). The van der Waals surface area contributed by atoms with Gasteiger partial charge in [-0.2, -0.15) is 0 Å². The van der Waals surface area contributed by atoms with E-state index < -0.39 is 21.2 Å². The molecule has 1 atom stereocenters. The van der Waals surface area contributed by atoms with Gasteiger partial charge in [0.15, 0.2) is 5.25 Å². The van der Waals surface area contributed by atoms with Crippen molar-refractivity contribution in [1.29, 1.82) is 0 Å². The summed E-state index contributed by atoms with van der Waals surface area (Å²) in [6.07, 6.45) is 0. The molecule has 0 aliphatic heterocycles. The summed E-state index contributed by atoms with van der Waals surface area (Å²) in [7, 11) is -0.367. The number of nitrogens with one attached hydrogen (secondary N) is 1. The Morgan fingerprint density at radius 3 is 2.53 bits per heavy atom. The molecule has 0 radical (unpaired) electrons. The average molecular weight is 268 g/mol. The van der Waals surface area contributed by atoms with Crippen LogP contribution < -0.4 is 4.72 Å². The largest absolute Gasteiger partial charge is 0.480 e. The van der Waals surface area contributed by atoms with Crippen LogP contribution in [0.2, 0.25) is 0 Å². The van der Waals surface area contributed by atoms with Crippen LogP contribution in [0.25, 0.3) is 0 Å². The zero-order valence-corrected chi connectivity index (χ0v) is 11.2. The molecular formula is C9H20N2O5S. The van der Waals surface area contributed by atoms with Crippen molar-refractivity contribution in [3.8, 4) is 0 Å². The fraction of sp³-hybridized carbons (Fsp3) is 0.889. The maximum atomic E-state index is 11.4. The maximum Gasteiger partial charge on any atom is 0.323 e. The van der Waals surface area contributed by atoms with Crippen molar-refractivity contribution in [2.24, 2.45) is 0 Å². The Labute approximate surface area is 102 Å². The lowest BCUT2D eigenvalue weighted by atomic mass is 10.5. The zero-order chi connectivity index (χ0) is 13.5. The van der Waals surface area contributed by atoms with Crippen molar-refractivity contribution in [2.75, 3.05) is 40.4 Å². The molecule has 1 unspecified atom stereocenters. The van der Waals surface area contributed by atoms with Crippen molar-refractivity contribution in [3.05, 3.63) is 0 Å². The molecule has 2 N–H and O–H groups in total. The van der Waals surface area contributed by atoms with Gasteiger partial charge in [0.05, 0.1) is 6.61 Å². The van der Waals surface area contributed by atoms with Gasteiger partial charge in [0.1, 0.15) is 0 Å². The predicted octanol–water partition coefficient (Wildman–Crippen LogP) is -1.04. The van der Waals surface area contributed by atoms with E-state index in [1.165, 1.54) is 0 Å². The van der Waals surface area contributed by atoms with Crippen molar-refractivity contribution in [1.82, 2.24) is 9.62 Å². The Bertz CT molecular complexity index is 330. The second-order valence-corrected chi connectivity index (χ2v) is 5.80. The number of methoxy groups -OCH3 is 1. The molecule has 102 valence electrons. The zero-order valence-electron chi connectivity index (χ0n) is 10.3. The van der Waals surface area contributed by atoms with Gasteiger partial charge < -0.3 is 14.7 Å².